The summed E-state index contributed by atoms with van der Waals surface area (Å²) < 4.78 is 14.6. The van der Waals surface area contributed by atoms with Gasteiger partial charge in [0.05, 0.1) is 0 Å². The molecule has 2 rings (SSSR count). The molecule has 1 aromatic heterocycles. The fourth-order valence-corrected chi connectivity index (χ4v) is 1.08. The van der Waals surface area contributed by atoms with E-state index in [9.17, 15) is 4.39 Å². The van der Waals surface area contributed by atoms with Crippen LogP contribution in [0.4, 0.5) is 4.39 Å². The van der Waals surface area contributed by atoms with Gasteiger partial charge >= 0.3 is 0 Å². The van der Waals surface area contributed by atoms with Gasteiger partial charge in [0.2, 0.25) is 0 Å². The van der Waals surface area contributed by atoms with Gasteiger partial charge in [-0.05, 0) is 12.1 Å². The van der Waals surface area contributed by atoms with Gasteiger partial charge in [-0.1, -0.05) is 17.3 Å². The van der Waals surface area contributed by atoms with Crippen LogP contribution >= 0.6 is 0 Å². The molecule has 0 atom stereocenters. The Morgan fingerprint density at radius 2 is 2.15 bits per heavy atom. The Hall–Kier alpha value is -1.71. The summed E-state index contributed by atoms with van der Waals surface area (Å²) in [5, 5.41) is 7.44. The van der Waals surface area contributed by atoms with Gasteiger partial charge in [0.15, 0.2) is 0 Å². The molecular formula is C9H7FN3. The molecule has 1 heterocycles. The molecule has 2 aromatic rings. The summed E-state index contributed by atoms with van der Waals surface area (Å²) in [7, 11) is 1.69. The number of hydrogen-bond donors (Lipinski definition) is 0. The normalized spacial score (nSPS) is 10.3. The van der Waals surface area contributed by atoms with Crippen LogP contribution < -0.4 is 0 Å². The number of nitrogens with zero attached hydrogens (tertiary/aromatic N) is 3. The Morgan fingerprint density at radius 1 is 1.38 bits per heavy atom. The van der Waals surface area contributed by atoms with Gasteiger partial charge in [-0.3, -0.25) is 0 Å². The third-order valence-electron chi connectivity index (χ3n) is 1.68. The largest absolute Gasteiger partial charge is 0.245 e. The lowest BCUT2D eigenvalue weighted by Gasteiger charge is -1.95. The average molecular weight is 176 g/mol. The fraction of sp³-hybridized carbons (Fsp3) is 0.111. The fourth-order valence-electron chi connectivity index (χ4n) is 1.08. The van der Waals surface area contributed by atoms with Crippen molar-refractivity contribution in [1.82, 2.24) is 15.0 Å². The quantitative estimate of drug-likeness (QED) is 0.657. The van der Waals surface area contributed by atoms with Gasteiger partial charge in [-0.15, -0.1) is 5.10 Å². The summed E-state index contributed by atoms with van der Waals surface area (Å²) in [5.74, 6) is -0.306. The van der Waals surface area contributed by atoms with Crippen molar-refractivity contribution in [2.75, 3.05) is 0 Å². The van der Waals surface area contributed by atoms with Crippen LogP contribution in [0.2, 0.25) is 0 Å². The van der Waals surface area contributed by atoms with Crippen LogP contribution in [-0.4, -0.2) is 15.0 Å². The van der Waals surface area contributed by atoms with E-state index in [1.807, 2.05) is 0 Å². The summed E-state index contributed by atoms with van der Waals surface area (Å²) in [4.78, 5) is 0. The van der Waals surface area contributed by atoms with E-state index in [0.717, 1.165) is 0 Å². The monoisotopic (exact) mass is 176 g/mol. The molecule has 0 aliphatic rings. The minimum Gasteiger partial charge on any atom is -0.245 e. The summed E-state index contributed by atoms with van der Waals surface area (Å²) in [6.07, 6.45) is 2.79. The molecule has 0 unspecified atom stereocenters. The number of benzene rings is 1. The van der Waals surface area contributed by atoms with Gasteiger partial charge in [0.1, 0.15) is 17.7 Å². The molecule has 65 valence electrons. The summed E-state index contributed by atoms with van der Waals surface area (Å²) in [6, 6.07) is 6.42. The number of aryl methyl sites for hydroxylation is 1. The zero-order chi connectivity index (χ0) is 9.26. The third-order valence-corrected chi connectivity index (χ3v) is 1.68. The van der Waals surface area contributed by atoms with Crippen LogP contribution in [0.1, 0.15) is 0 Å². The van der Waals surface area contributed by atoms with E-state index >= 15 is 0 Å². The lowest BCUT2D eigenvalue weighted by Crippen LogP contribution is -1.86. The molecule has 0 saturated heterocycles. The summed E-state index contributed by atoms with van der Waals surface area (Å²) in [5.41, 5.74) is 0.858. The van der Waals surface area contributed by atoms with Crippen LogP contribution in [-0.2, 0) is 7.05 Å². The Bertz CT molecular complexity index is 422. The molecule has 0 bridgehead atoms. The van der Waals surface area contributed by atoms with E-state index in [2.05, 4.69) is 16.5 Å². The van der Waals surface area contributed by atoms with Crippen molar-refractivity contribution in [3.05, 3.63) is 36.3 Å². The second-order valence-electron chi connectivity index (χ2n) is 2.65. The molecule has 0 N–H and O–H groups in total. The maximum Gasteiger partial charge on any atom is 0.132 e. The molecule has 3 nitrogen and oxygen atoms in total. The van der Waals surface area contributed by atoms with Gasteiger partial charge in [-0.25, -0.2) is 9.07 Å². The zero-order valence-electron chi connectivity index (χ0n) is 7.03. The van der Waals surface area contributed by atoms with Crippen molar-refractivity contribution in [1.29, 1.82) is 0 Å². The van der Waals surface area contributed by atoms with E-state index in [0.29, 0.717) is 11.3 Å². The molecule has 0 aliphatic carbocycles. The molecule has 0 aliphatic heterocycles. The van der Waals surface area contributed by atoms with Crippen LogP contribution in [0.5, 0.6) is 0 Å². The second-order valence-corrected chi connectivity index (χ2v) is 2.65. The van der Waals surface area contributed by atoms with Gasteiger partial charge < -0.3 is 0 Å². The smallest absolute Gasteiger partial charge is 0.132 e. The minimum absolute atomic E-state index is 0.306. The van der Waals surface area contributed by atoms with E-state index in [1.54, 1.807) is 25.2 Å². The van der Waals surface area contributed by atoms with E-state index in [4.69, 9.17) is 0 Å². The molecule has 13 heavy (non-hydrogen) atoms. The number of aromatic nitrogens is 3. The highest BCUT2D eigenvalue weighted by atomic mass is 19.1. The first kappa shape index (κ1) is 7.91. The highest BCUT2D eigenvalue weighted by Crippen LogP contribution is 2.18. The number of rotatable bonds is 1. The van der Waals surface area contributed by atoms with Gasteiger partial charge in [0, 0.05) is 12.6 Å². The molecular weight excluding hydrogens is 169 g/mol. The first-order valence-corrected chi connectivity index (χ1v) is 3.81. The molecule has 0 spiro atoms. The molecule has 0 fully saturated rings. The van der Waals surface area contributed by atoms with Crippen molar-refractivity contribution in [3.63, 3.8) is 0 Å². The predicted molar refractivity (Wildman–Crippen MR) is 45.2 cm³/mol. The summed E-state index contributed by atoms with van der Waals surface area (Å²) >= 11 is 0. The Kier molecular flexibility index (Phi) is 1.81. The summed E-state index contributed by atoms with van der Waals surface area (Å²) in [6.45, 7) is 0. The molecule has 1 radical (unpaired) electrons. The Morgan fingerprint density at radius 3 is 2.77 bits per heavy atom. The molecule has 4 heteroatoms. The van der Waals surface area contributed by atoms with Crippen molar-refractivity contribution in [3.8, 4) is 11.3 Å². The van der Waals surface area contributed by atoms with Crippen LogP contribution in [0.15, 0.2) is 24.3 Å². The van der Waals surface area contributed by atoms with E-state index in [-0.39, 0.29) is 5.82 Å². The first-order valence-electron chi connectivity index (χ1n) is 3.81. The topological polar surface area (TPSA) is 30.7 Å². The standard InChI is InChI=1S/C9H7FN3/c1-13-6-9(11-12-13)7-4-2-3-5-8(7)10/h2-5H,1H3. The van der Waals surface area contributed by atoms with Crippen molar-refractivity contribution < 1.29 is 4.39 Å². The Labute approximate surface area is 74.8 Å². The van der Waals surface area contributed by atoms with Crippen LogP contribution in [0.3, 0.4) is 0 Å². The SMILES string of the molecule is Cn1[c]c(-c2ccccc2F)nn1. The maximum atomic E-state index is 13.2. The van der Waals surface area contributed by atoms with E-state index in [1.165, 1.54) is 10.7 Å². The zero-order valence-corrected chi connectivity index (χ0v) is 7.03. The van der Waals surface area contributed by atoms with Crippen molar-refractivity contribution in [2.45, 2.75) is 0 Å². The van der Waals surface area contributed by atoms with Gasteiger partial charge in [-0.2, -0.15) is 0 Å². The molecule has 1 aromatic carbocycles. The lowest BCUT2D eigenvalue weighted by molar-refractivity contribution is 0.630. The lowest BCUT2D eigenvalue weighted by atomic mass is 10.1. The van der Waals surface area contributed by atoms with Crippen LogP contribution in [0, 0.1) is 12.0 Å². The van der Waals surface area contributed by atoms with E-state index < -0.39 is 0 Å². The minimum atomic E-state index is -0.306. The highest BCUT2D eigenvalue weighted by Gasteiger charge is 2.07. The number of halogens is 1. The number of hydrogen-bond acceptors (Lipinski definition) is 2. The Balaban J connectivity index is 2.52. The maximum absolute atomic E-state index is 13.2. The molecule has 0 saturated carbocycles. The van der Waals surface area contributed by atoms with Crippen LogP contribution in [0.25, 0.3) is 11.3 Å². The van der Waals surface area contributed by atoms with Crippen molar-refractivity contribution >= 4 is 0 Å². The first-order chi connectivity index (χ1) is 6.27. The molecule has 0 amide bonds. The highest BCUT2D eigenvalue weighted by molar-refractivity contribution is 5.57. The third kappa shape index (κ3) is 1.42. The predicted octanol–water partition coefficient (Wildman–Crippen LogP) is 1.42. The van der Waals surface area contributed by atoms with Crippen molar-refractivity contribution in [2.24, 2.45) is 7.05 Å². The average Bonchev–Trinajstić information content (AvgIpc) is 2.53. The second kappa shape index (κ2) is 2.97. The van der Waals surface area contributed by atoms with Gasteiger partial charge in [0.25, 0.3) is 0 Å².